The molecule has 0 saturated carbocycles. The van der Waals surface area contributed by atoms with Crippen LogP contribution in [0.4, 0.5) is 0 Å². The third kappa shape index (κ3) is 10.3. The van der Waals surface area contributed by atoms with E-state index in [0.29, 0.717) is 49.0 Å². The first kappa shape index (κ1) is 44.0. The summed E-state index contributed by atoms with van der Waals surface area (Å²) in [6.07, 6.45) is 3.87. The molecule has 4 aromatic carbocycles. The van der Waals surface area contributed by atoms with E-state index in [9.17, 15) is 19.2 Å². The first-order valence-corrected chi connectivity index (χ1v) is 22.4. The van der Waals surface area contributed by atoms with Gasteiger partial charge in [0.2, 0.25) is 11.8 Å². The zero-order chi connectivity index (χ0) is 45.6. The summed E-state index contributed by atoms with van der Waals surface area (Å²) in [5.41, 5.74) is 9.44. The van der Waals surface area contributed by atoms with E-state index in [2.05, 4.69) is 66.8 Å². The molecule has 6 heterocycles. The van der Waals surface area contributed by atoms with Crippen LogP contribution < -0.4 is 0 Å². The minimum absolute atomic E-state index is 0.154. The number of ether oxygens (including phenoxy) is 2. The Labute approximate surface area is 382 Å². The van der Waals surface area contributed by atoms with Crippen molar-refractivity contribution in [3.63, 3.8) is 0 Å². The average molecular weight is 893 g/mol. The number of cyclic esters (lactones) is 2. The smallest absolute Gasteiger partial charge is 0.338 e. The monoisotopic (exact) mass is 892 g/mol. The van der Waals surface area contributed by atoms with E-state index in [1.165, 1.54) is 11.1 Å². The standard InChI is InChI=1S/2C24H26N6O3/c2*1-17(19-4-7-22-20(13-19)15-33-24(22)32)14-28-8-10-29(11-9-28)23(31)12-18-2-5-21(6-3-18)30-16-25-26-27-30/h2*2-7,13,16-17H,8-12,14-15H2,1H3/t2*17-/m10/s1. The molecule has 10 rings (SSSR count). The Morgan fingerprint density at radius 1 is 0.545 bits per heavy atom. The largest absolute Gasteiger partial charge is 0.457 e. The molecule has 4 aliphatic rings. The van der Waals surface area contributed by atoms with Gasteiger partial charge in [0.05, 0.1) is 35.3 Å². The Kier molecular flexibility index (Phi) is 13.3. The van der Waals surface area contributed by atoms with Crippen molar-refractivity contribution < 1.29 is 28.7 Å². The molecule has 18 nitrogen and oxygen atoms in total. The van der Waals surface area contributed by atoms with Gasteiger partial charge < -0.3 is 19.3 Å². The summed E-state index contributed by atoms with van der Waals surface area (Å²) in [5.74, 6) is 0.531. The van der Waals surface area contributed by atoms with Crippen LogP contribution in [0.1, 0.15) is 79.8 Å². The van der Waals surface area contributed by atoms with Gasteiger partial charge in [0.25, 0.3) is 0 Å². The molecular formula is C48H52N12O6. The molecule has 2 aromatic heterocycles. The van der Waals surface area contributed by atoms with E-state index in [1.807, 2.05) is 82.6 Å². The summed E-state index contributed by atoms with van der Waals surface area (Å²) in [6.45, 7) is 13.4. The Balaban J connectivity index is 0.000000166. The van der Waals surface area contributed by atoms with Crippen molar-refractivity contribution >= 4 is 23.8 Å². The van der Waals surface area contributed by atoms with Crippen LogP contribution in [-0.4, -0.2) is 149 Å². The highest BCUT2D eigenvalue weighted by molar-refractivity contribution is 5.94. The Hall–Kier alpha value is -7.18. The maximum atomic E-state index is 12.8. The van der Waals surface area contributed by atoms with Crippen LogP contribution in [0.2, 0.25) is 0 Å². The van der Waals surface area contributed by atoms with Gasteiger partial charge in [-0.2, -0.15) is 0 Å². The van der Waals surface area contributed by atoms with Crippen molar-refractivity contribution in [3.8, 4) is 11.4 Å². The molecule has 2 saturated heterocycles. The van der Waals surface area contributed by atoms with Gasteiger partial charge in [-0.3, -0.25) is 19.4 Å². The third-order valence-corrected chi connectivity index (χ3v) is 12.9. The molecule has 0 bridgehead atoms. The minimum Gasteiger partial charge on any atom is -0.457 e. The molecule has 0 spiro atoms. The number of nitrogens with zero attached hydrogens (tertiary/aromatic N) is 12. The van der Waals surface area contributed by atoms with E-state index < -0.39 is 0 Å². The van der Waals surface area contributed by atoms with Gasteiger partial charge in [-0.05, 0) is 91.3 Å². The summed E-state index contributed by atoms with van der Waals surface area (Å²) in [5, 5.41) is 22.3. The zero-order valence-corrected chi connectivity index (χ0v) is 37.1. The van der Waals surface area contributed by atoms with Gasteiger partial charge >= 0.3 is 11.9 Å². The quantitative estimate of drug-likeness (QED) is 0.162. The van der Waals surface area contributed by atoms with Gasteiger partial charge in [0.15, 0.2) is 0 Å². The van der Waals surface area contributed by atoms with Crippen LogP contribution in [0.25, 0.3) is 11.4 Å². The number of rotatable bonds is 12. The Morgan fingerprint density at radius 3 is 1.30 bits per heavy atom. The zero-order valence-electron chi connectivity index (χ0n) is 37.1. The molecular weight excluding hydrogens is 841 g/mol. The van der Waals surface area contributed by atoms with Crippen LogP contribution in [0.15, 0.2) is 97.6 Å². The Bertz CT molecular complexity index is 2460. The lowest BCUT2D eigenvalue weighted by molar-refractivity contribution is -0.133. The predicted octanol–water partition coefficient (Wildman–Crippen LogP) is 3.65. The molecule has 6 aromatic rings. The van der Waals surface area contributed by atoms with Crippen LogP contribution in [0.5, 0.6) is 0 Å². The van der Waals surface area contributed by atoms with Gasteiger partial charge in [-0.15, -0.1) is 10.2 Å². The SMILES string of the molecule is C[C@@H](CN1CCN(C(=O)Cc2ccc(-n3cnnn3)cc2)CC1)c1ccc2c(c1)COC2=O.C[C@H](CN1CCN(C(=O)Cc2ccc(-n3cnnn3)cc2)CC1)c1ccc2c(c1)COC2=O. The van der Waals surface area contributed by atoms with Crippen molar-refractivity contribution in [2.24, 2.45) is 0 Å². The normalized spacial score (nSPS) is 17.0. The summed E-state index contributed by atoms with van der Waals surface area (Å²) in [4.78, 5) is 57.6. The second-order valence-corrected chi connectivity index (χ2v) is 17.3. The number of hydrogen-bond acceptors (Lipinski definition) is 14. The van der Waals surface area contributed by atoms with E-state index in [4.69, 9.17) is 9.47 Å². The second-order valence-electron chi connectivity index (χ2n) is 17.3. The van der Waals surface area contributed by atoms with E-state index in [0.717, 1.165) is 99.1 Å². The van der Waals surface area contributed by atoms with Crippen molar-refractivity contribution in [2.75, 3.05) is 65.4 Å². The number of benzene rings is 4. The number of tetrazole rings is 2. The fraction of sp³-hybridized carbons (Fsp3) is 0.375. The highest BCUT2D eigenvalue weighted by Crippen LogP contribution is 2.27. The molecule has 18 heteroatoms. The molecule has 66 heavy (non-hydrogen) atoms. The van der Waals surface area contributed by atoms with E-state index in [1.54, 1.807) is 22.0 Å². The average Bonchev–Trinajstić information content (AvgIpc) is 4.20. The van der Waals surface area contributed by atoms with Gasteiger partial charge in [-0.25, -0.2) is 19.0 Å². The first-order chi connectivity index (χ1) is 32.1. The predicted molar refractivity (Wildman–Crippen MR) is 240 cm³/mol. The fourth-order valence-corrected chi connectivity index (χ4v) is 8.93. The van der Waals surface area contributed by atoms with E-state index >= 15 is 0 Å². The van der Waals surface area contributed by atoms with Crippen molar-refractivity contribution in [2.45, 2.75) is 51.7 Å². The molecule has 2 atom stereocenters. The second kappa shape index (κ2) is 19.9. The highest BCUT2D eigenvalue weighted by atomic mass is 16.5. The summed E-state index contributed by atoms with van der Waals surface area (Å²) < 4.78 is 13.4. The number of amides is 2. The number of carbonyl (C=O) groups excluding carboxylic acids is 4. The first-order valence-electron chi connectivity index (χ1n) is 22.4. The van der Waals surface area contributed by atoms with Crippen molar-refractivity contribution in [1.82, 2.24) is 60.0 Å². The lowest BCUT2D eigenvalue weighted by Crippen LogP contribution is -2.49. The molecule has 4 aliphatic heterocycles. The van der Waals surface area contributed by atoms with Crippen LogP contribution >= 0.6 is 0 Å². The van der Waals surface area contributed by atoms with Crippen LogP contribution in [0, 0.1) is 0 Å². The molecule has 0 radical (unpaired) electrons. The highest BCUT2D eigenvalue weighted by Gasteiger charge is 2.27. The third-order valence-electron chi connectivity index (χ3n) is 12.9. The van der Waals surface area contributed by atoms with Crippen molar-refractivity contribution in [1.29, 1.82) is 0 Å². The molecule has 0 unspecified atom stereocenters. The Morgan fingerprint density at radius 2 is 0.939 bits per heavy atom. The van der Waals surface area contributed by atoms with Crippen LogP contribution in [0.3, 0.4) is 0 Å². The summed E-state index contributed by atoms with van der Waals surface area (Å²) in [7, 11) is 0. The number of carbonyl (C=O) groups is 4. The van der Waals surface area contributed by atoms with Crippen molar-refractivity contribution in [3.05, 3.63) is 142 Å². The number of fused-ring (bicyclic) bond motifs is 2. The number of aromatic nitrogens is 8. The number of piperazine rings is 2. The molecule has 2 amide bonds. The molecule has 340 valence electrons. The lowest BCUT2D eigenvalue weighted by atomic mass is 9.96. The minimum atomic E-state index is -0.228. The maximum absolute atomic E-state index is 12.8. The van der Waals surface area contributed by atoms with Gasteiger partial charge in [0.1, 0.15) is 25.9 Å². The molecule has 0 N–H and O–H groups in total. The molecule has 0 aliphatic carbocycles. The van der Waals surface area contributed by atoms with Crippen LogP contribution in [-0.2, 0) is 45.1 Å². The number of esters is 2. The number of hydrogen-bond donors (Lipinski definition) is 0. The topological polar surface area (TPSA) is 187 Å². The fourth-order valence-electron chi connectivity index (χ4n) is 8.93. The summed E-state index contributed by atoms with van der Waals surface area (Å²) >= 11 is 0. The summed E-state index contributed by atoms with van der Waals surface area (Å²) in [6, 6.07) is 27.4. The molecule has 2 fully saturated rings. The van der Waals surface area contributed by atoms with Gasteiger partial charge in [-0.1, -0.05) is 62.4 Å². The lowest BCUT2D eigenvalue weighted by Gasteiger charge is -2.36. The van der Waals surface area contributed by atoms with Gasteiger partial charge in [0, 0.05) is 76.6 Å². The van der Waals surface area contributed by atoms with E-state index in [-0.39, 0.29) is 23.8 Å². The maximum Gasteiger partial charge on any atom is 0.338 e.